The van der Waals surface area contributed by atoms with Gasteiger partial charge in [-0.05, 0) is 19.8 Å². The molecule has 0 aromatic rings. The van der Waals surface area contributed by atoms with E-state index in [1.807, 2.05) is 6.92 Å². The Morgan fingerprint density at radius 3 is 2.54 bits per heavy atom. The highest BCUT2D eigenvalue weighted by atomic mass is 16.7. The number of hydrogen-bond acceptors (Lipinski definition) is 3. The standard InChI is InChI=1S/C10H20O3/c1-4-6-8-12-10(11)13-9(3)7-5-2/h9H,4-8H2,1-3H3. The van der Waals surface area contributed by atoms with Gasteiger partial charge in [0.25, 0.3) is 0 Å². The van der Waals surface area contributed by atoms with Crippen LogP contribution in [0.5, 0.6) is 0 Å². The first kappa shape index (κ1) is 12.3. The fourth-order valence-electron chi connectivity index (χ4n) is 0.964. The van der Waals surface area contributed by atoms with Crippen molar-refractivity contribution in [1.82, 2.24) is 0 Å². The van der Waals surface area contributed by atoms with Crippen LogP contribution in [0.25, 0.3) is 0 Å². The Balaban J connectivity index is 3.38. The molecule has 13 heavy (non-hydrogen) atoms. The van der Waals surface area contributed by atoms with Crippen LogP contribution in [0.2, 0.25) is 0 Å². The molecule has 3 nitrogen and oxygen atoms in total. The van der Waals surface area contributed by atoms with Crippen LogP contribution >= 0.6 is 0 Å². The molecule has 0 aliphatic heterocycles. The Kier molecular flexibility index (Phi) is 7.45. The van der Waals surface area contributed by atoms with Gasteiger partial charge in [-0.25, -0.2) is 4.79 Å². The number of hydrogen-bond donors (Lipinski definition) is 0. The smallest absolute Gasteiger partial charge is 0.434 e. The van der Waals surface area contributed by atoms with Crippen LogP contribution in [0.1, 0.15) is 46.5 Å². The van der Waals surface area contributed by atoms with Gasteiger partial charge in [-0.3, -0.25) is 0 Å². The highest BCUT2D eigenvalue weighted by Crippen LogP contribution is 2.02. The lowest BCUT2D eigenvalue weighted by atomic mass is 10.2. The normalized spacial score (nSPS) is 12.2. The van der Waals surface area contributed by atoms with Crippen LogP contribution in [-0.4, -0.2) is 18.9 Å². The van der Waals surface area contributed by atoms with Crippen molar-refractivity contribution in [3.63, 3.8) is 0 Å². The molecule has 0 aromatic heterocycles. The van der Waals surface area contributed by atoms with Gasteiger partial charge in [-0.15, -0.1) is 0 Å². The topological polar surface area (TPSA) is 35.5 Å². The minimum atomic E-state index is -0.533. The summed E-state index contributed by atoms with van der Waals surface area (Å²) in [5.41, 5.74) is 0. The fourth-order valence-corrected chi connectivity index (χ4v) is 0.964. The first-order valence-electron chi connectivity index (χ1n) is 5.04. The number of carbonyl (C=O) groups is 1. The van der Waals surface area contributed by atoms with Crippen LogP contribution in [0, 0.1) is 0 Å². The Hall–Kier alpha value is -0.730. The minimum Gasteiger partial charge on any atom is -0.434 e. The maximum Gasteiger partial charge on any atom is 0.508 e. The lowest BCUT2D eigenvalue weighted by Gasteiger charge is -2.11. The molecule has 0 spiro atoms. The van der Waals surface area contributed by atoms with E-state index < -0.39 is 6.16 Å². The van der Waals surface area contributed by atoms with Crippen LogP contribution in [0.3, 0.4) is 0 Å². The second kappa shape index (κ2) is 7.90. The Morgan fingerprint density at radius 2 is 2.00 bits per heavy atom. The molecule has 0 rings (SSSR count). The first-order chi connectivity index (χ1) is 6.20. The monoisotopic (exact) mass is 188 g/mol. The van der Waals surface area contributed by atoms with Gasteiger partial charge in [0.2, 0.25) is 0 Å². The number of carbonyl (C=O) groups excluding carboxylic acids is 1. The van der Waals surface area contributed by atoms with Crippen molar-refractivity contribution in [2.45, 2.75) is 52.6 Å². The van der Waals surface area contributed by atoms with E-state index in [-0.39, 0.29) is 6.10 Å². The van der Waals surface area contributed by atoms with E-state index in [1.54, 1.807) is 0 Å². The maximum absolute atomic E-state index is 11.0. The molecule has 0 saturated heterocycles. The van der Waals surface area contributed by atoms with Crippen molar-refractivity contribution in [3.05, 3.63) is 0 Å². The van der Waals surface area contributed by atoms with Crippen molar-refractivity contribution >= 4 is 6.16 Å². The van der Waals surface area contributed by atoms with E-state index in [4.69, 9.17) is 9.47 Å². The van der Waals surface area contributed by atoms with Crippen molar-refractivity contribution in [2.75, 3.05) is 6.61 Å². The van der Waals surface area contributed by atoms with Gasteiger partial charge in [-0.1, -0.05) is 26.7 Å². The zero-order valence-corrected chi connectivity index (χ0v) is 8.84. The average Bonchev–Trinajstić information content (AvgIpc) is 2.05. The van der Waals surface area contributed by atoms with Gasteiger partial charge in [0.05, 0.1) is 6.61 Å². The van der Waals surface area contributed by atoms with Gasteiger partial charge >= 0.3 is 6.16 Å². The molecular weight excluding hydrogens is 168 g/mol. The quantitative estimate of drug-likeness (QED) is 0.474. The predicted molar refractivity (Wildman–Crippen MR) is 51.7 cm³/mol. The third-order valence-electron chi connectivity index (χ3n) is 1.71. The van der Waals surface area contributed by atoms with Gasteiger partial charge in [0.15, 0.2) is 0 Å². The lowest BCUT2D eigenvalue weighted by molar-refractivity contribution is 0.0259. The Labute approximate surface area is 80.4 Å². The molecule has 78 valence electrons. The second-order valence-electron chi connectivity index (χ2n) is 3.17. The molecule has 0 radical (unpaired) electrons. The summed E-state index contributed by atoms with van der Waals surface area (Å²) in [6.45, 7) is 6.45. The molecule has 0 fully saturated rings. The number of unbranched alkanes of at least 4 members (excludes halogenated alkanes) is 1. The van der Waals surface area contributed by atoms with Crippen molar-refractivity contribution in [1.29, 1.82) is 0 Å². The number of ether oxygens (including phenoxy) is 2. The fraction of sp³-hybridized carbons (Fsp3) is 0.900. The molecule has 3 heteroatoms. The summed E-state index contributed by atoms with van der Waals surface area (Å²) < 4.78 is 9.81. The molecule has 0 saturated carbocycles. The summed E-state index contributed by atoms with van der Waals surface area (Å²) in [5, 5.41) is 0. The average molecular weight is 188 g/mol. The van der Waals surface area contributed by atoms with E-state index in [9.17, 15) is 4.79 Å². The van der Waals surface area contributed by atoms with Crippen LogP contribution in [0.4, 0.5) is 4.79 Å². The molecule has 1 unspecified atom stereocenters. The third kappa shape index (κ3) is 7.62. The van der Waals surface area contributed by atoms with Gasteiger partial charge in [-0.2, -0.15) is 0 Å². The van der Waals surface area contributed by atoms with E-state index in [0.29, 0.717) is 6.61 Å². The van der Waals surface area contributed by atoms with Crippen LogP contribution in [-0.2, 0) is 9.47 Å². The second-order valence-corrected chi connectivity index (χ2v) is 3.17. The molecule has 0 aliphatic carbocycles. The summed E-state index contributed by atoms with van der Waals surface area (Å²) in [5.74, 6) is 0. The summed E-state index contributed by atoms with van der Waals surface area (Å²) >= 11 is 0. The number of rotatable bonds is 6. The predicted octanol–water partition coefficient (Wildman–Crippen LogP) is 3.13. The van der Waals surface area contributed by atoms with Crippen molar-refractivity contribution < 1.29 is 14.3 Å². The SMILES string of the molecule is CCCCOC(=O)OC(C)CCC. The summed E-state index contributed by atoms with van der Waals surface area (Å²) in [6.07, 6.45) is 3.27. The molecule has 0 N–H and O–H groups in total. The molecule has 0 bridgehead atoms. The highest BCUT2D eigenvalue weighted by molar-refractivity contribution is 5.59. The molecule has 0 aromatic carbocycles. The largest absolute Gasteiger partial charge is 0.508 e. The van der Waals surface area contributed by atoms with Crippen LogP contribution < -0.4 is 0 Å². The molecule has 0 heterocycles. The molecular formula is C10H20O3. The van der Waals surface area contributed by atoms with E-state index in [2.05, 4.69) is 13.8 Å². The maximum atomic E-state index is 11.0. The lowest BCUT2D eigenvalue weighted by Crippen LogP contribution is -2.16. The third-order valence-corrected chi connectivity index (χ3v) is 1.71. The molecule has 1 atom stereocenters. The zero-order valence-electron chi connectivity index (χ0n) is 8.84. The summed E-state index contributed by atoms with van der Waals surface area (Å²) in [4.78, 5) is 11.0. The van der Waals surface area contributed by atoms with Crippen molar-refractivity contribution in [2.24, 2.45) is 0 Å². The van der Waals surface area contributed by atoms with E-state index in [1.165, 1.54) is 0 Å². The molecule has 0 aliphatic rings. The van der Waals surface area contributed by atoms with Gasteiger partial charge in [0.1, 0.15) is 6.10 Å². The molecule has 0 amide bonds. The van der Waals surface area contributed by atoms with Crippen LogP contribution in [0.15, 0.2) is 0 Å². The van der Waals surface area contributed by atoms with Gasteiger partial charge < -0.3 is 9.47 Å². The Bertz CT molecular complexity index is 134. The van der Waals surface area contributed by atoms with Gasteiger partial charge in [0, 0.05) is 0 Å². The van der Waals surface area contributed by atoms with E-state index in [0.717, 1.165) is 25.7 Å². The zero-order chi connectivity index (χ0) is 10.1. The summed E-state index contributed by atoms with van der Waals surface area (Å²) in [6, 6.07) is 0. The van der Waals surface area contributed by atoms with E-state index >= 15 is 0 Å². The Morgan fingerprint density at radius 1 is 1.31 bits per heavy atom. The highest BCUT2D eigenvalue weighted by Gasteiger charge is 2.08. The summed E-state index contributed by atoms with van der Waals surface area (Å²) in [7, 11) is 0. The first-order valence-corrected chi connectivity index (χ1v) is 5.04. The van der Waals surface area contributed by atoms with Crippen molar-refractivity contribution in [3.8, 4) is 0 Å². The minimum absolute atomic E-state index is 0.0286.